The molecule has 0 rings (SSSR count). The van der Waals surface area contributed by atoms with E-state index in [4.69, 9.17) is 32.3 Å². The van der Waals surface area contributed by atoms with E-state index in [0.717, 1.165) is 122 Å². The highest BCUT2D eigenvalue weighted by Crippen LogP contribution is 2.45. The van der Waals surface area contributed by atoms with Crippen molar-refractivity contribution in [3.8, 4) is 0 Å². The van der Waals surface area contributed by atoms with E-state index in [1.807, 2.05) is 12.2 Å². The van der Waals surface area contributed by atoms with Crippen molar-refractivity contribution >= 4 is 33.6 Å². The van der Waals surface area contributed by atoms with Gasteiger partial charge in [-0.05, 0) is 109 Å². The maximum atomic E-state index is 12.9. The number of phosphoric acid groups is 2. The lowest BCUT2D eigenvalue weighted by Gasteiger charge is -2.21. The Hall–Kier alpha value is -4.31. The summed E-state index contributed by atoms with van der Waals surface area (Å²) in [6.07, 6.45) is 90.9. The lowest BCUT2D eigenvalue weighted by molar-refractivity contribution is -0.161. The van der Waals surface area contributed by atoms with Gasteiger partial charge in [-0.15, -0.1) is 0 Å². The molecule has 16 nitrogen and oxygen atoms in total. The fourth-order valence-electron chi connectivity index (χ4n) is 10.4. The Morgan fingerprint density at radius 3 is 0.871 bits per heavy atom. The second kappa shape index (κ2) is 75.4. The second-order valence-electron chi connectivity index (χ2n) is 26.1. The lowest BCUT2D eigenvalue weighted by atomic mass is 10.0. The Morgan fingerprint density at radius 1 is 0.287 bits per heavy atom. The van der Waals surface area contributed by atoms with Crippen molar-refractivity contribution in [1.29, 1.82) is 0 Å². The highest BCUT2D eigenvalue weighted by molar-refractivity contribution is 7.47. The molecule has 101 heavy (non-hydrogen) atoms. The summed E-state index contributed by atoms with van der Waals surface area (Å²) < 4.78 is 61.0. The highest BCUT2D eigenvalue weighted by Gasteiger charge is 2.29. The number of phosphoric ester groups is 2. The van der Waals surface area contributed by atoms with Gasteiger partial charge in [0.25, 0.3) is 0 Å². The van der Waals surface area contributed by atoms with Crippen LogP contribution in [0.15, 0.2) is 134 Å². The minimum absolute atomic E-state index is 0.0923. The number of aliphatic hydroxyl groups excluding tert-OH is 2. The molecule has 0 amide bonds. The van der Waals surface area contributed by atoms with Crippen molar-refractivity contribution < 1.29 is 75.8 Å². The van der Waals surface area contributed by atoms with Crippen LogP contribution in [-0.2, 0) is 55.8 Å². The minimum atomic E-state index is -4.94. The second-order valence-corrected chi connectivity index (χ2v) is 29.0. The standard InChI is InChI=1S/C83H142O16P2/c1-4-7-10-13-16-19-22-25-28-30-31-32-33-34-35-36-37-38-39-40-41-42-43-44-45-47-50-51-54-57-60-63-66-69-81(86)93-72-78(84)73-95-100(89,90)96-74-79(85)75-97-101(91,92)98-77-80(99-83(88)71-68-65-62-59-56-53-48-27-24-21-18-15-12-9-6-3)76-94-82(87)70-67-64-61-58-55-52-49-46-29-26-23-20-17-14-11-8-5-2/h7-8,10-11,16-17,19-20,25-26,28-29,31-32,34-35,37-38,49,52,58,61,78-80,84-85H,4-6,9,12-15,18,21-24,27,30,33,36,39-48,50-51,53-57,59-60,62-77H2,1-3H3,(H,89,90)(H,91,92)/b10-7-,11-8-,19-16-,20-17-,28-25-,29-26-,32-31-,35-34-,38-37-,52-49-,61-58-. The molecule has 0 radical (unpaired) electrons. The third-order valence-corrected chi connectivity index (χ3v) is 18.3. The number of rotatable bonds is 74. The number of carbonyl (C=O) groups excluding carboxylic acids is 3. The highest BCUT2D eigenvalue weighted by atomic mass is 31.2. The monoisotopic (exact) mass is 1460 g/mol. The molecule has 0 fully saturated rings. The first kappa shape index (κ1) is 96.7. The van der Waals surface area contributed by atoms with Crippen molar-refractivity contribution in [3.63, 3.8) is 0 Å². The topological polar surface area (TPSA) is 231 Å². The third-order valence-electron chi connectivity index (χ3n) is 16.4. The Bertz CT molecular complexity index is 2370. The van der Waals surface area contributed by atoms with Gasteiger partial charge in [0.15, 0.2) is 6.10 Å². The number of esters is 3. The van der Waals surface area contributed by atoms with Crippen LogP contribution in [0.1, 0.15) is 316 Å². The van der Waals surface area contributed by atoms with Gasteiger partial charge < -0.3 is 34.2 Å². The molecule has 0 aromatic rings. The van der Waals surface area contributed by atoms with Crippen LogP contribution in [0.2, 0.25) is 0 Å². The molecule has 0 aliphatic carbocycles. The summed E-state index contributed by atoms with van der Waals surface area (Å²) in [5, 5.41) is 20.6. The van der Waals surface area contributed by atoms with Crippen molar-refractivity contribution in [2.75, 3.05) is 39.6 Å². The molecule has 18 heteroatoms. The molecular formula is C83H142O16P2. The number of unbranched alkanes of at least 4 members (excludes halogenated alkanes) is 29. The van der Waals surface area contributed by atoms with Crippen LogP contribution in [0.3, 0.4) is 0 Å². The zero-order chi connectivity index (χ0) is 73.7. The summed E-state index contributed by atoms with van der Waals surface area (Å²) in [4.78, 5) is 58.5. The maximum Gasteiger partial charge on any atom is 0.472 e. The summed E-state index contributed by atoms with van der Waals surface area (Å²) in [6, 6.07) is 0. The number of carbonyl (C=O) groups is 3. The van der Waals surface area contributed by atoms with E-state index < -0.39 is 91.5 Å². The van der Waals surface area contributed by atoms with Crippen LogP contribution in [0.25, 0.3) is 0 Å². The zero-order valence-corrected chi connectivity index (χ0v) is 65.1. The minimum Gasteiger partial charge on any atom is -0.463 e. The van der Waals surface area contributed by atoms with Crippen LogP contribution >= 0.6 is 15.6 Å². The molecule has 5 atom stereocenters. The molecule has 0 aromatic carbocycles. The molecule has 0 saturated carbocycles. The Kier molecular flexibility index (Phi) is 72.2. The quantitative estimate of drug-likeness (QED) is 0.0146. The van der Waals surface area contributed by atoms with Gasteiger partial charge in [0.05, 0.1) is 26.4 Å². The Labute approximate surface area is 614 Å². The molecule has 0 aliphatic heterocycles. The maximum absolute atomic E-state index is 12.9. The molecular weight excluding hydrogens is 1310 g/mol. The molecule has 0 heterocycles. The van der Waals surface area contributed by atoms with Gasteiger partial charge in [0.1, 0.15) is 25.4 Å². The van der Waals surface area contributed by atoms with E-state index >= 15 is 0 Å². The van der Waals surface area contributed by atoms with Gasteiger partial charge in [0, 0.05) is 19.3 Å². The largest absolute Gasteiger partial charge is 0.472 e. The molecule has 580 valence electrons. The number of ether oxygens (including phenoxy) is 3. The molecule has 0 spiro atoms. The fourth-order valence-corrected chi connectivity index (χ4v) is 12.0. The molecule has 4 N–H and O–H groups in total. The van der Waals surface area contributed by atoms with E-state index in [-0.39, 0.29) is 19.3 Å². The molecule has 0 aromatic heterocycles. The molecule has 0 aliphatic rings. The van der Waals surface area contributed by atoms with Crippen LogP contribution < -0.4 is 0 Å². The van der Waals surface area contributed by atoms with Gasteiger partial charge in [-0.3, -0.25) is 32.5 Å². The average molecular weight is 1460 g/mol. The average Bonchev–Trinajstić information content (AvgIpc) is 1.12. The van der Waals surface area contributed by atoms with E-state index in [1.54, 1.807) is 0 Å². The van der Waals surface area contributed by atoms with Crippen molar-refractivity contribution in [1.82, 2.24) is 0 Å². The Balaban J connectivity index is 4.46. The first-order valence-corrected chi connectivity index (χ1v) is 42.5. The first-order valence-electron chi connectivity index (χ1n) is 39.5. The number of aliphatic hydroxyl groups is 2. The normalized spacial score (nSPS) is 14.7. The summed E-state index contributed by atoms with van der Waals surface area (Å²) in [6.45, 7) is 2.40. The van der Waals surface area contributed by atoms with E-state index in [1.165, 1.54) is 128 Å². The van der Waals surface area contributed by atoms with Gasteiger partial charge >= 0.3 is 33.6 Å². The van der Waals surface area contributed by atoms with E-state index in [2.05, 4.69) is 142 Å². The van der Waals surface area contributed by atoms with E-state index in [0.29, 0.717) is 25.7 Å². The van der Waals surface area contributed by atoms with Gasteiger partial charge in [-0.2, -0.15) is 0 Å². The third kappa shape index (κ3) is 76.6. The van der Waals surface area contributed by atoms with Crippen LogP contribution in [0, 0.1) is 0 Å². The zero-order valence-electron chi connectivity index (χ0n) is 63.3. The molecule has 5 unspecified atom stereocenters. The van der Waals surface area contributed by atoms with Crippen LogP contribution in [0.4, 0.5) is 0 Å². The van der Waals surface area contributed by atoms with Gasteiger partial charge in [0.2, 0.25) is 0 Å². The number of hydrogen-bond donors (Lipinski definition) is 4. The van der Waals surface area contributed by atoms with Crippen molar-refractivity contribution in [2.45, 2.75) is 334 Å². The summed E-state index contributed by atoms with van der Waals surface area (Å²) in [5.74, 6) is -1.64. The summed E-state index contributed by atoms with van der Waals surface area (Å²) >= 11 is 0. The predicted octanol–water partition coefficient (Wildman–Crippen LogP) is 23.1. The van der Waals surface area contributed by atoms with Crippen LogP contribution in [0.5, 0.6) is 0 Å². The van der Waals surface area contributed by atoms with Crippen molar-refractivity contribution in [3.05, 3.63) is 134 Å². The summed E-state index contributed by atoms with van der Waals surface area (Å²) in [7, 11) is -9.80. The lowest BCUT2D eigenvalue weighted by Crippen LogP contribution is -2.30. The smallest absolute Gasteiger partial charge is 0.463 e. The number of hydrogen-bond acceptors (Lipinski definition) is 14. The van der Waals surface area contributed by atoms with Crippen molar-refractivity contribution in [2.24, 2.45) is 0 Å². The number of allylic oxidation sites excluding steroid dienone is 22. The summed E-state index contributed by atoms with van der Waals surface area (Å²) in [5.41, 5.74) is 0. The Morgan fingerprint density at radius 2 is 0.535 bits per heavy atom. The van der Waals surface area contributed by atoms with Gasteiger partial charge in [-0.25, -0.2) is 9.13 Å². The fraction of sp³-hybridized carbons (Fsp3) is 0.699. The SMILES string of the molecule is CC/C=C\C/C=C\C/C=C\C/C=C\C/C=C\C/C=C\CCCCCCCCCCCCCCCCC(=O)OCC(O)COP(=O)(O)OCC(O)COP(=O)(O)OCC(COC(=O)CCC/C=C\C/C=C\C/C=C\C/C=C\C/C=C\CC)OC(=O)CCCCCCCCCCCCCCCCC. The van der Waals surface area contributed by atoms with Crippen LogP contribution in [-0.4, -0.2) is 95.9 Å². The molecule has 0 saturated heterocycles. The predicted molar refractivity (Wildman–Crippen MR) is 417 cm³/mol. The van der Waals surface area contributed by atoms with Gasteiger partial charge in [-0.1, -0.05) is 321 Å². The molecule has 0 bridgehead atoms. The van der Waals surface area contributed by atoms with E-state index in [9.17, 15) is 43.5 Å². The first-order chi connectivity index (χ1) is 49.2.